The van der Waals surface area contributed by atoms with E-state index >= 15 is 8.78 Å². The van der Waals surface area contributed by atoms with Gasteiger partial charge in [-0.05, 0) is 45.0 Å². The maximum Gasteiger partial charge on any atom is 0.332 e. The van der Waals surface area contributed by atoms with Crippen molar-refractivity contribution in [2.24, 2.45) is 0 Å². The summed E-state index contributed by atoms with van der Waals surface area (Å²) in [6.45, 7) is 5.08. The van der Waals surface area contributed by atoms with Gasteiger partial charge >= 0.3 is 6.03 Å². The van der Waals surface area contributed by atoms with E-state index in [1.165, 1.54) is 16.7 Å². The summed E-state index contributed by atoms with van der Waals surface area (Å²) in [4.78, 5) is 51.8. The SMILES string of the molecule is Cc1cc(N2CCN3C(=O)N(c4c(F)cc(C#Cc5ccccc5)cc4F)C(=O)CC3(C)C2=O)nc(C)n1. The molecule has 1 unspecified atom stereocenters. The Morgan fingerprint density at radius 2 is 1.55 bits per heavy atom. The molecule has 0 aliphatic carbocycles. The Balaban J connectivity index is 1.45. The number of anilines is 2. The molecular weight excluding hydrogens is 492 g/mol. The predicted molar refractivity (Wildman–Crippen MR) is 135 cm³/mol. The third kappa shape index (κ3) is 4.26. The number of piperazine rings is 1. The minimum atomic E-state index is -1.54. The van der Waals surface area contributed by atoms with Crippen LogP contribution in [0.4, 0.5) is 25.1 Å². The number of urea groups is 1. The molecule has 192 valence electrons. The molecule has 2 aromatic carbocycles. The Bertz CT molecular complexity index is 1510. The van der Waals surface area contributed by atoms with Crippen molar-refractivity contribution in [1.82, 2.24) is 14.9 Å². The number of benzene rings is 2. The molecule has 2 aliphatic rings. The molecule has 4 amide bonds. The van der Waals surface area contributed by atoms with Gasteiger partial charge in [0.25, 0.3) is 5.91 Å². The minimum absolute atomic E-state index is 0.0385. The van der Waals surface area contributed by atoms with Gasteiger partial charge in [0.05, 0.1) is 6.42 Å². The third-order valence-electron chi connectivity index (χ3n) is 6.61. The molecule has 1 atom stereocenters. The number of carbonyl (C=O) groups is 3. The normalized spacial score (nSPS) is 19.3. The van der Waals surface area contributed by atoms with Crippen LogP contribution < -0.4 is 9.80 Å². The lowest BCUT2D eigenvalue weighted by Crippen LogP contribution is -2.73. The lowest BCUT2D eigenvalue weighted by atomic mass is 9.88. The fraction of sp³-hybridized carbons (Fsp3) is 0.250. The zero-order valence-electron chi connectivity index (χ0n) is 21.0. The summed E-state index contributed by atoms with van der Waals surface area (Å²) in [5.41, 5.74) is -0.950. The van der Waals surface area contributed by atoms with Gasteiger partial charge in [0.15, 0.2) is 11.6 Å². The van der Waals surface area contributed by atoms with Crippen LogP contribution in [-0.2, 0) is 9.59 Å². The molecule has 2 fully saturated rings. The first kappa shape index (κ1) is 25.0. The van der Waals surface area contributed by atoms with Gasteiger partial charge in [-0.3, -0.25) is 14.5 Å². The highest BCUT2D eigenvalue weighted by Crippen LogP contribution is 2.37. The number of rotatable bonds is 2. The standard InChI is InChI=1S/C28H23F2N5O3/c1-17-13-23(32-18(2)31-17)33-11-12-34-27(38)35(24(36)16-28(34,3)26(33)37)25-21(29)14-20(15-22(25)30)10-9-19-7-5-4-6-8-19/h4-8,13-15H,11-12,16H2,1-3H3. The second-order valence-corrected chi connectivity index (χ2v) is 9.39. The van der Waals surface area contributed by atoms with Crippen LogP contribution in [0, 0.1) is 37.3 Å². The van der Waals surface area contributed by atoms with E-state index in [1.807, 2.05) is 6.07 Å². The van der Waals surface area contributed by atoms with Crippen LogP contribution >= 0.6 is 0 Å². The molecule has 3 aromatic rings. The summed E-state index contributed by atoms with van der Waals surface area (Å²) >= 11 is 0. The zero-order valence-corrected chi connectivity index (χ0v) is 21.0. The fourth-order valence-electron chi connectivity index (χ4n) is 4.82. The van der Waals surface area contributed by atoms with Crippen LogP contribution in [0.25, 0.3) is 0 Å². The Labute approximate surface area is 217 Å². The summed E-state index contributed by atoms with van der Waals surface area (Å²) in [5.74, 6) is 2.74. The number of aromatic nitrogens is 2. The van der Waals surface area contributed by atoms with Crippen molar-refractivity contribution in [3.8, 4) is 11.8 Å². The van der Waals surface area contributed by atoms with Crippen molar-refractivity contribution in [2.45, 2.75) is 32.7 Å². The molecule has 2 saturated heterocycles. The minimum Gasteiger partial charge on any atom is -0.307 e. The average molecular weight is 516 g/mol. The largest absolute Gasteiger partial charge is 0.332 e. The van der Waals surface area contributed by atoms with Crippen LogP contribution in [-0.4, -0.2) is 51.3 Å². The number of hydrogen-bond donors (Lipinski definition) is 0. The summed E-state index contributed by atoms with van der Waals surface area (Å²) in [7, 11) is 0. The van der Waals surface area contributed by atoms with Gasteiger partial charge in [-0.15, -0.1) is 0 Å². The molecule has 5 rings (SSSR count). The number of fused-ring (bicyclic) bond motifs is 1. The molecule has 10 heteroatoms. The van der Waals surface area contributed by atoms with Crippen LogP contribution in [0.1, 0.15) is 36.0 Å². The molecule has 2 aliphatic heterocycles. The van der Waals surface area contributed by atoms with Gasteiger partial charge in [-0.2, -0.15) is 0 Å². The van der Waals surface area contributed by atoms with Gasteiger partial charge < -0.3 is 4.90 Å². The Hall–Kier alpha value is -4.65. The summed E-state index contributed by atoms with van der Waals surface area (Å²) < 4.78 is 30.3. The van der Waals surface area contributed by atoms with Crippen molar-refractivity contribution in [3.63, 3.8) is 0 Å². The Morgan fingerprint density at radius 1 is 0.895 bits per heavy atom. The van der Waals surface area contributed by atoms with Crippen LogP contribution in [0.2, 0.25) is 0 Å². The molecule has 0 radical (unpaired) electrons. The highest BCUT2D eigenvalue weighted by Gasteiger charge is 2.56. The van der Waals surface area contributed by atoms with Crippen molar-refractivity contribution < 1.29 is 23.2 Å². The van der Waals surface area contributed by atoms with Crippen LogP contribution in [0.3, 0.4) is 0 Å². The van der Waals surface area contributed by atoms with E-state index in [0.29, 0.717) is 27.8 Å². The fourth-order valence-corrected chi connectivity index (χ4v) is 4.82. The number of aryl methyl sites for hydroxylation is 2. The number of amides is 4. The Kier molecular flexibility index (Phi) is 6.15. The second kappa shape index (κ2) is 9.34. The maximum absolute atomic E-state index is 15.2. The first-order chi connectivity index (χ1) is 18.1. The number of carbonyl (C=O) groups excluding carboxylic acids is 3. The van der Waals surface area contributed by atoms with Gasteiger partial charge in [-0.1, -0.05) is 30.0 Å². The van der Waals surface area contributed by atoms with E-state index in [0.717, 1.165) is 12.1 Å². The topological polar surface area (TPSA) is 86.7 Å². The van der Waals surface area contributed by atoms with E-state index in [-0.39, 0.29) is 18.7 Å². The molecule has 38 heavy (non-hydrogen) atoms. The maximum atomic E-state index is 15.2. The van der Waals surface area contributed by atoms with Crippen molar-refractivity contribution in [1.29, 1.82) is 0 Å². The molecule has 1 aromatic heterocycles. The van der Waals surface area contributed by atoms with Gasteiger partial charge in [0, 0.05) is 36.0 Å². The summed E-state index contributed by atoms with van der Waals surface area (Å²) in [6, 6.07) is 11.5. The average Bonchev–Trinajstić information content (AvgIpc) is 2.85. The van der Waals surface area contributed by atoms with Crippen molar-refractivity contribution in [3.05, 3.63) is 82.8 Å². The molecule has 8 nitrogen and oxygen atoms in total. The number of imide groups is 1. The van der Waals surface area contributed by atoms with Crippen LogP contribution in [0.5, 0.6) is 0 Å². The van der Waals surface area contributed by atoms with E-state index < -0.39 is 47.1 Å². The highest BCUT2D eigenvalue weighted by atomic mass is 19.1. The number of halogens is 2. The zero-order chi connectivity index (χ0) is 27.2. The smallest absolute Gasteiger partial charge is 0.307 e. The molecule has 0 bridgehead atoms. The number of hydrogen-bond acceptors (Lipinski definition) is 5. The lowest BCUT2D eigenvalue weighted by molar-refractivity contribution is -0.137. The van der Waals surface area contributed by atoms with Gasteiger partial charge in [-0.25, -0.2) is 28.4 Å². The molecule has 3 heterocycles. The first-order valence-corrected chi connectivity index (χ1v) is 11.9. The van der Waals surface area contributed by atoms with E-state index in [4.69, 9.17) is 0 Å². The Morgan fingerprint density at radius 3 is 2.21 bits per heavy atom. The molecule has 0 spiro atoms. The lowest BCUT2D eigenvalue weighted by Gasteiger charge is -2.51. The van der Waals surface area contributed by atoms with E-state index in [1.54, 1.807) is 44.2 Å². The third-order valence-corrected chi connectivity index (χ3v) is 6.61. The van der Waals surface area contributed by atoms with Crippen molar-refractivity contribution in [2.75, 3.05) is 22.9 Å². The molecule has 0 N–H and O–H groups in total. The van der Waals surface area contributed by atoms with Crippen molar-refractivity contribution >= 4 is 29.4 Å². The number of nitrogens with zero attached hydrogens (tertiary/aromatic N) is 5. The molecular formula is C28H23F2N5O3. The monoisotopic (exact) mass is 515 g/mol. The summed E-state index contributed by atoms with van der Waals surface area (Å²) in [6.07, 6.45) is -0.453. The quantitative estimate of drug-likeness (QED) is 0.486. The highest BCUT2D eigenvalue weighted by molar-refractivity contribution is 6.20. The van der Waals surface area contributed by atoms with E-state index in [2.05, 4.69) is 21.8 Å². The summed E-state index contributed by atoms with van der Waals surface area (Å²) in [5, 5.41) is 0. The van der Waals surface area contributed by atoms with Gasteiger partial charge in [0.2, 0.25) is 5.91 Å². The first-order valence-electron chi connectivity index (χ1n) is 11.9. The van der Waals surface area contributed by atoms with E-state index in [9.17, 15) is 14.4 Å². The van der Waals surface area contributed by atoms with Gasteiger partial charge in [0.1, 0.15) is 22.9 Å². The van der Waals surface area contributed by atoms with Crippen LogP contribution in [0.15, 0.2) is 48.5 Å². The predicted octanol–water partition coefficient (Wildman–Crippen LogP) is 3.74. The molecule has 0 saturated carbocycles. The second-order valence-electron chi connectivity index (χ2n) is 9.39.